The van der Waals surface area contributed by atoms with Gasteiger partial charge in [0.25, 0.3) is 0 Å². The standard InChI is InChI=1S/C28H31N3OS2.C26H31F3N2O2S2.C25H32N2OS2.C23H27FN2O2S2/c1-3-18(2)5-4-6-21(32)16-25-27(22-11-14-30-17-26(22)33-25)28-31-23-15-20(7-8-24(23)34-28)19-9-12-29-13-10-19;1-16(2)31-11-10-19-23(15-31)34-22(14-18(32)7-5-4-6-12-33-3)24(19)25-30-20-13-17(26(27,28)29)8-9-21(20)35-25;1-5-15(2)7-6-8-18(28)13-22-24(19-9-10-26-14-23(19)29-22)25-27-20-11-16(3)17(4)12-21(20)30-25;1-14-10-17-21(13-25-14)29-20(12-16(27)6-4-3-5-9-28-2)22(17)23-26-18-11-15(24)7-8-19(18)30-23/h7-10,12-13,15,18,30H,3-6,11,14,16-17H2,1-2H3;8-9,13,16H,4-7,10-12,14-15H2,1-3H3;11-12,15,26H,5-10,13-14H2,1-4H3;7-8,11,14,25H,3-6,9-10,12-13H2,1-2H3/t18-;;;14-/m0..0/s1. The number of nitrogens with zero attached hydrogens (tertiary/aromatic N) is 6. The lowest BCUT2D eigenvalue weighted by Gasteiger charge is -2.30. The van der Waals surface area contributed by atoms with E-state index < -0.39 is 11.7 Å². The number of halogens is 4. The zero-order valence-electron chi connectivity index (χ0n) is 76.2. The molecule has 4 aliphatic heterocycles. The SMILES string of the molecule is CCC(C)CCCC(=O)Cc1sc2c(c1-c1nc3cc(C)c(C)cc3s1)CCNC2.CC[C@H](C)CCCC(=O)Cc1sc2c(c1-c1nc3cc(-c4ccncc4)ccc3s1)CCNC2.COCCCCCC(=O)Cc1sc2c(c1-c1nc3cc(C(F)(F)F)ccc3s1)CCN(C(C)C)C2.COCCCCCC(=O)Cc1sc2c(c1-c1nc3cc(F)ccc3s1)C[C@H](C)NC2. The van der Waals surface area contributed by atoms with Crippen LogP contribution in [0.4, 0.5) is 17.6 Å². The summed E-state index contributed by atoms with van der Waals surface area (Å²) in [6.07, 6.45) is 19.8. The summed E-state index contributed by atoms with van der Waals surface area (Å²) in [6, 6.07) is 24.3. The predicted molar refractivity (Wildman–Crippen MR) is 532 cm³/mol. The highest BCUT2D eigenvalue weighted by Gasteiger charge is 2.35. The maximum atomic E-state index is 13.7. The first-order chi connectivity index (χ1) is 62.3. The third kappa shape index (κ3) is 25.1. The molecule has 0 saturated heterocycles. The van der Waals surface area contributed by atoms with Crippen LogP contribution in [-0.2, 0) is 112 Å². The van der Waals surface area contributed by atoms with Gasteiger partial charge < -0.3 is 25.4 Å². The molecule has 4 aromatic carbocycles. The molecule has 4 aliphatic rings. The van der Waals surface area contributed by atoms with Gasteiger partial charge in [0.15, 0.2) is 0 Å². The number of ether oxygens (including phenoxy) is 2. The van der Waals surface area contributed by atoms with Crippen molar-refractivity contribution in [2.24, 2.45) is 11.8 Å². The fraction of sp³-hybridized carbons (Fsp3) is 0.480. The molecular formula is C102H121F4N9O6S8. The van der Waals surface area contributed by atoms with Gasteiger partial charge in [0, 0.05) is 203 Å². The molecule has 17 rings (SSSR count). The number of aryl methyl sites for hydroxylation is 2. The van der Waals surface area contributed by atoms with Crippen molar-refractivity contribution in [3.8, 4) is 53.4 Å². The monoisotopic (exact) mass is 1900 g/mol. The number of rotatable bonds is 36. The van der Waals surface area contributed by atoms with Crippen LogP contribution >= 0.6 is 90.7 Å². The van der Waals surface area contributed by atoms with Crippen molar-refractivity contribution in [3.05, 3.63) is 175 Å². The summed E-state index contributed by atoms with van der Waals surface area (Å²) >= 11 is 13.6. The van der Waals surface area contributed by atoms with Crippen molar-refractivity contribution in [3.63, 3.8) is 0 Å². The van der Waals surface area contributed by atoms with Crippen molar-refractivity contribution < 1.29 is 46.2 Å². The fourth-order valence-electron chi connectivity index (χ4n) is 17.3. The zero-order valence-corrected chi connectivity index (χ0v) is 82.7. The Labute approximate surface area is 788 Å². The number of ketones is 4. The highest BCUT2D eigenvalue weighted by Crippen LogP contribution is 2.49. The third-order valence-electron chi connectivity index (χ3n) is 25.2. The van der Waals surface area contributed by atoms with Crippen molar-refractivity contribution >= 4 is 155 Å². The molecule has 686 valence electrons. The molecule has 0 bridgehead atoms. The minimum atomic E-state index is -4.40. The second kappa shape index (κ2) is 46.0. The average molecular weight is 1900 g/mol. The quantitative estimate of drug-likeness (QED) is 0.0248. The molecule has 1 unspecified atom stereocenters. The maximum Gasteiger partial charge on any atom is 0.416 e. The van der Waals surface area contributed by atoms with Gasteiger partial charge in [-0.05, 0) is 235 Å². The van der Waals surface area contributed by atoms with Gasteiger partial charge in [-0.3, -0.25) is 29.1 Å². The number of carbonyl (C=O) groups excluding carboxylic acids is 4. The van der Waals surface area contributed by atoms with Crippen LogP contribution in [0.3, 0.4) is 0 Å². The molecule has 0 fully saturated rings. The summed E-state index contributed by atoms with van der Waals surface area (Å²) in [5.41, 5.74) is 17.3. The Kier molecular flexibility index (Phi) is 34.8. The summed E-state index contributed by atoms with van der Waals surface area (Å²) < 4.78 is 67.6. The van der Waals surface area contributed by atoms with Gasteiger partial charge in [-0.25, -0.2) is 24.3 Å². The number of benzene rings is 4. The number of hydrogen-bond acceptors (Lipinski definition) is 23. The first kappa shape index (κ1) is 97.6. The van der Waals surface area contributed by atoms with Crippen LogP contribution in [0, 0.1) is 31.5 Å². The van der Waals surface area contributed by atoms with Gasteiger partial charge in [0.2, 0.25) is 0 Å². The average Bonchev–Trinajstić information content (AvgIpc) is 1.63. The van der Waals surface area contributed by atoms with E-state index in [1.54, 1.807) is 77.0 Å². The number of aromatic nitrogens is 5. The maximum absolute atomic E-state index is 13.7. The van der Waals surface area contributed by atoms with Crippen molar-refractivity contribution in [1.82, 2.24) is 45.8 Å². The fourth-order valence-corrected chi connectivity index (χ4v) is 27.3. The number of alkyl halides is 3. The Bertz CT molecular complexity index is 5990. The minimum absolute atomic E-state index is 0.198. The van der Waals surface area contributed by atoms with E-state index in [1.807, 2.05) is 47.2 Å². The number of hydrogen-bond donors (Lipinski definition) is 3. The van der Waals surface area contributed by atoms with Crippen LogP contribution < -0.4 is 16.0 Å². The number of fused-ring (bicyclic) bond motifs is 8. The van der Waals surface area contributed by atoms with Crippen molar-refractivity contribution in [2.45, 2.75) is 261 Å². The molecule has 15 nitrogen and oxygen atoms in total. The summed E-state index contributed by atoms with van der Waals surface area (Å²) in [4.78, 5) is 87.2. The Balaban J connectivity index is 0.000000139. The normalized spacial score (nSPS) is 15.0. The van der Waals surface area contributed by atoms with E-state index in [2.05, 4.69) is 123 Å². The lowest BCUT2D eigenvalue weighted by molar-refractivity contribution is -0.137. The Hall–Kier alpha value is -7.45. The largest absolute Gasteiger partial charge is 0.416 e. The molecule has 13 heterocycles. The first-order valence-corrected chi connectivity index (χ1v) is 52.5. The molecular weight excluding hydrogens is 1780 g/mol. The van der Waals surface area contributed by atoms with Crippen LogP contribution in [0.15, 0.2) is 91.3 Å². The molecule has 3 atom stereocenters. The minimum Gasteiger partial charge on any atom is -0.385 e. The lowest BCUT2D eigenvalue weighted by Crippen LogP contribution is -2.35. The van der Waals surface area contributed by atoms with Crippen LogP contribution in [0.25, 0.3) is 94.3 Å². The Morgan fingerprint density at radius 1 is 0.481 bits per heavy atom. The van der Waals surface area contributed by atoms with Crippen LogP contribution in [0.5, 0.6) is 0 Å². The molecule has 0 saturated carbocycles. The molecule has 0 aliphatic carbocycles. The van der Waals surface area contributed by atoms with E-state index in [1.165, 1.54) is 126 Å². The third-order valence-corrected chi connectivity index (χ3v) is 34.3. The van der Waals surface area contributed by atoms with Gasteiger partial charge in [-0.1, -0.05) is 72.3 Å². The second-order valence-electron chi connectivity index (χ2n) is 35.3. The molecule has 9 aromatic heterocycles. The van der Waals surface area contributed by atoms with E-state index in [0.29, 0.717) is 104 Å². The molecule has 129 heavy (non-hydrogen) atoms. The van der Waals surface area contributed by atoms with Gasteiger partial charge in [-0.15, -0.1) is 90.7 Å². The topological polar surface area (TPSA) is 191 Å². The number of nitrogens with one attached hydrogen (secondary N) is 3. The van der Waals surface area contributed by atoms with Gasteiger partial charge in [0.05, 0.1) is 46.4 Å². The second-order valence-corrected chi connectivity index (χ2v) is 44.2. The lowest BCUT2D eigenvalue weighted by atomic mass is 9.97. The van der Waals surface area contributed by atoms with Crippen molar-refractivity contribution in [2.75, 3.05) is 47.1 Å². The molecule has 3 N–H and O–H groups in total. The summed E-state index contributed by atoms with van der Waals surface area (Å²) in [7, 11) is 3.38. The number of thiophene rings is 4. The highest BCUT2D eigenvalue weighted by atomic mass is 32.1. The Morgan fingerprint density at radius 3 is 1.41 bits per heavy atom. The number of methoxy groups -OCH3 is 2. The van der Waals surface area contributed by atoms with Crippen LogP contribution in [0.1, 0.15) is 229 Å². The molecule has 0 radical (unpaired) electrons. The number of unbranched alkanes of at least 4 members (excludes halogenated alkanes) is 4. The summed E-state index contributed by atoms with van der Waals surface area (Å²) in [5.74, 6) is 2.35. The number of Topliss-reactive ketones (excluding diaryl/α,β-unsaturated/α-hetero) is 4. The summed E-state index contributed by atoms with van der Waals surface area (Å²) in [5, 5.41) is 14.3. The first-order valence-electron chi connectivity index (χ1n) is 46.0. The summed E-state index contributed by atoms with van der Waals surface area (Å²) in [6.45, 7) is 27.7. The number of thiazole rings is 4. The van der Waals surface area contributed by atoms with Crippen molar-refractivity contribution in [1.29, 1.82) is 0 Å². The van der Waals surface area contributed by atoms with E-state index >= 15 is 0 Å². The van der Waals surface area contributed by atoms with Gasteiger partial charge in [-0.2, -0.15) is 13.2 Å². The Morgan fingerprint density at radius 2 is 0.915 bits per heavy atom. The molecule has 0 amide bonds. The van der Waals surface area contributed by atoms with Gasteiger partial charge in [0.1, 0.15) is 49.0 Å². The smallest absolute Gasteiger partial charge is 0.385 e. The van der Waals surface area contributed by atoms with Crippen LogP contribution in [-0.4, -0.2) is 112 Å². The zero-order chi connectivity index (χ0) is 91.0. The molecule has 0 spiro atoms. The van der Waals surface area contributed by atoms with Crippen LogP contribution in [0.2, 0.25) is 0 Å². The van der Waals surface area contributed by atoms with E-state index in [9.17, 15) is 36.7 Å². The van der Waals surface area contributed by atoms with E-state index in [0.717, 1.165) is 227 Å². The van der Waals surface area contributed by atoms with E-state index in [-0.39, 0.29) is 17.4 Å². The van der Waals surface area contributed by atoms with E-state index in [4.69, 9.17) is 24.4 Å². The molecule has 27 heteroatoms. The highest BCUT2D eigenvalue weighted by molar-refractivity contribution is 7.24. The molecule has 13 aromatic rings. The van der Waals surface area contributed by atoms with Gasteiger partial charge >= 0.3 is 6.18 Å². The number of pyridine rings is 1. The number of carbonyl (C=O) groups is 4. The predicted octanol–water partition coefficient (Wildman–Crippen LogP) is 26.3.